The van der Waals surface area contributed by atoms with Gasteiger partial charge in [-0.3, -0.25) is 0 Å². The summed E-state index contributed by atoms with van der Waals surface area (Å²) in [6, 6.07) is 4.59. The molecule has 0 radical (unpaired) electrons. The molecule has 1 aliphatic heterocycles. The Labute approximate surface area is 106 Å². The minimum absolute atomic E-state index is 0.268. The number of piperidine rings is 1. The lowest BCUT2D eigenvalue weighted by molar-refractivity contribution is 0.0600. The van der Waals surface area contributed by atoms with Crippen molar-refractivity contribution >= 4 is 5.97 Å². The van der Waals surface area contributed by atoms with Gasteiger partial charge in [-0.05, 0) is 56.0 Å². The van der Waals surface area contributed by atoms with E-state index in [1.165, 1.54) is 13.2 Å². The Bertz CT molecular complexity index is 428. The highest BCUT2D eigenvalue weighted by Crippen LogP contribution is 2.21. The molecule has 1 heterocycles. The van der Waals surface area contributed by atoms with Gasteiger partial charge in [-0.25, -0.2) is 9.18 Å². The smallest absolute Gasteiger partial charge is 0.337 e. The summed E-state index contributed by atoms with van der Waals surface area (Å²) < 4.78 is 18.4. The zero-order chi connectivity index (χ0) is 13.0. The molecule has 2 rings (SSSR count). The average molecular weight is 251 g/mol. The normalized spacial score (nSPS) is 16.6. The second-order valence-electron chi connectivity index (χ2n) is 4.70. The van der Waals surface area contributed by atoms with E-state index in [2.05, 4.69) is 10.1 Å². The van der Waals surface area contributed by atoms with Gasteiger partial charge in [-0.1, -0.05) is 6.07 Å². The third-order valence-electron chi connectivity index (χ3n) is 3.44. The summed E-state index contributed by atoms with van der Waals surface area (Å²) in [5, 5.41) is 3.29. The monoisotopic (exact) mass is 251 g/mol. The summed E-state index contributed by atoms with van der Waals surface area (Å²) >= 11 is 0. The molecule has 0 aromatic heterocycles. The first-order chi connectivity index (χ1) is 8.70. The zero-order valence-electron chi connectivity index (χ0n) is 10.5. The highest BCUT2D eigenvalue weighted by Gasteiger charge is 2.16. The molecule has 0 saturated carbocycles. The van der Waals surface area contributed by atoms with Gasteiger partial charge in [0.1, 0.15) is 5.82 Å². The molecule has 0 aliphatic carbocycles. The van der Waals surface area contributed by atoms with Gasteiger partial charge in [-0.15, -0.1) is 0 Å². The van der Waals surface area contributed by atoms with E-state index in [4.69, 9.17) is 0 Å². The van der Waals surface area contributed by atoms with E-state index in [9.17, 15) is 9.18 Å². The highest BCUT2D eigenvalue weighted by molar-refractivity contribution is 5.89. The van der Waals surface area contributed by atoms with Crippen molar-refractivity contribution in [2.45, 2.75) is 19.3 Å². The quantitative estimate of drug-likeness (QED) is 0.837. The van der Waals surface area contributed by atoms with Gasteiger partial charge >= 0.3 is 5.97 Å². The Hall–Kier alpha value is -1.42. The second kappa shape index (κ2) is 5.96. The Morgan fingerprint density at radius 1 is 1.44 bits per heavy atom. The van der Waals surface area contributed by atoms with Crippen LogP contribution in [-0.2, 0) is 11.2 Å². The molecule has 1 saturated heterocycles. The number of hydrogen-bond donors (Lipinski definition) is 1. The number of methoxy groups -OCH3 is 1. The maximum absolute atomic E-state index is 13.9. The van der Waals surface area contributed by atoms with Crippen LogP contribution in [0.2, 0.25) is 0 Å². The van der Waals surface area contributed by atoms with Gasteiger partial charge in [0.2, 0.25) is 0 Å². The first-order valence-corrected chi connectivity index (χ1v) is 6.28. The van der Waals surface area contributed by atoms with E-state index in [0.717, 1.165) is 32.4 Å². The molecule has 1 aromatic rings. The summed E-state index contributed by atoms with van der Waals surface area (Å²) in [5.74, 6) is -0.275. The van der Waals surface area contributed by atoms with Crippen molar-refractivity contribution in [3.05, 3.63) is 35.1 Å². The van der Waals surface area contributed by atoms with Gasteiger partial charge in [0, 0.05) is 0 Å². The van der Waals surface area contributed by atoms with Gasteiger partial charge in [-0.2, -0.15) is 0 Å². The maximum atomic E-state index is 13.9. The third-order valence-corrected chi connectivity index (χ3v) is 3.44. The molecule has 1 N–H and O–H groups in total. The number of esters is 1. The lowest BCUT2D eigenvalue weighted by Gasteiger charge is -2.22. The molecule has 0 amide bonds. The van der Waals surface area contributed by atoms with Crippen molar-refractivity contribution in [3.8, 4) is 0 Å². The number of hydrogen-bond acceptors (Lipinski definition) is 3. The molecule has 0 spiro atoms. The largest absolute Gasteiger partial charge is 0.465 e. The van der Waals surface area contributed by atoms with Crippen molar-refractivity contribution in [2.75, 3.05) is 20.2 Å². The standard InChI is InChI=1S/C14H18FNO2/c1-18-14(17)12-3-2-11(13(15)9-12)8-10-4-6-16-7-5-10/h2-3,9-10,16H,4-8H2,1H3. The van der Waals surface area contributed by atoms with Gasteiger partial charge in [0.25, 0.3) is 0 Å². The van der Waals surface area contributed by atoms with Crippen LogP contribution in [0, 0.1) is 11.7 Å². The van der Waals surface area contributed by atoms with Crippen LogP contribution in [0.25, 0.3) is 0 Å². The van der Waals surface area contributed by atoms with Crippen LogP contribution in [0.5, 0.6) is 0 Å². The van der Waals surface area contributed by atoms with E-state index >= 15 is 0 Å². The predicted molar refractivity (Wildman–Crippen MR) is 67.0 cm³/mol. The minimum atomic E-state index is -0.498. The summed E-state index contributed by atoms with van der Waals surface area (Å²) in [6.07, 6.45) is 2.91. The minimum Gasteiger partial charge on any atom is -0.465 e. The number of nitrogens with one attached hydrogen (secondary N) is 1. The maximum Gasteiger partial charge on any atom is 0.337 e. The van der Waals surface area contributed by atoms with Gasteiger partial charge in [0.05, 0.1) is 12.7 Å². The number of benzene rings is 1. The summed E-state index contributed by atoms with van der Waals surface area (Å²) in [7, 11) is 1.29. The van der Waals surface area contributed by atoms with Crippen molar-refractivity contribution in [2.24, 2.45) is 5.92 Å². The van der Waals surface area contributed by atoms with E-state index in [-0.39, 0.29) is 11.4 Å². The first-order valence-electron chi connectivity index (χ1n) is 6.28. The van der Waals surface area contributed by atoms with Gasteiger partial charge in [0.15, 0.2) is 0 Å². The fourth-order valence-electron chi connectivity index (χ4n) is 2.35. The summed E-state index contributed by atoms with van der Waals surface area (Å²) in [4.78, 5) is 11.3. The molecular weight excluding hydrogens is 233 g/mol. The average Bonchev–Trinajstić information content (AvgIpc) is 2.41. The first kappa shape index (κ1) is 13.0. The van der Waals surface area contributed by atoms with E-state index in [0.29, 0.717) is 11.5 Å². The Morgan fingerprint density at radius 2 is 2.17 bits per heavy atom. The highest BCUT2D eigenvalue weighted by atomic mass is 19.1. The van der Waals surface area contributed by atoms with Crippen LogP contribution in [0.15, 0.2) is 18.2 Å². The predicted octanol–water partition coefficient (Wildman–Crippen LogP) is 2.15. The Kier molecular flexibility index (Phi) is 4.31. The number of carbonyl (C=O) groups excluding carboxylic acids is 1. The van der Waals surface area contributed by atoms with Crippen LogP contribution >= 0.6 is 0 Å². The van der Waals surface area contributed by atoms with Crippen LogP contribution in [0.3, 0.4) is 0 Å². The molecule has 1 aliphatic rings. The number of ether oxygens (including phenoxy) is 1. The van der Waals surface area contributed by atoms with Crippen LogP contribution in [0.1, 0.15) is 28.8 Å². The molecule has 98 valence electrons. The number of carbonyl (C=O) groups is 1. The van der Waals surface area contributed by atoms with Crippen molar-refractivity contribution in [1.82, 2.24) is 5.32 Å². The molecule has 3 nitrogen and oxygen atoms in total. The summed E-state index contributed by atoms with van der Waals surface area (Å²) in [5.41, 5.74) is 0.957. The van der Waals surface area contributed by atoms with Crippen molar-refractivity contribution < 1.29 is 13.9 Å². The number of halogens is 1. The molecule has 0 unspecified atom stereocenters. The Balaban J connectivity index is 2.07. The Morgan fingerprint density at radius 3 is 2.78 bits per heavy atom. The fraction of sp³-hybridized carbons (Fsp3) is 0.500. The summed E-state index contributed by atoms with van der Waals surface area (Å²) in [6.45, 7) is 2.01. The molecule has 0 bridgehead atoms. The second-order valence-corrected chi connectivity index (χ2v) is 4.70. The third kappa shape index (κ3) is 3.07. The van der Waals surface area contributed by atoms with Crippen molar-refractivity contribution in [3.63, 3.8) is 0 Å². The van der Waals surface area contributed by atoms with Crippen molar-refractivity contribution in [1.29, 1.82) is 0 Å². The molecular formula is C14H18FNO2. The lowest BCUT2D eigenvalue weighted by Crippen LogP contribution is -2.28. The molecule has 1 fully saturated rings. The van der Waals surface area contributed by atoms with E-state index < -0.39 is 5.97 Å². The fourth-order valence-corrected chi connectivity index (χ4v) is 2.35. The van der Waals surface area contributed by atoms with Gasteiger partial charge < -0.3 is 10.1 Å². The van der Waals surface area contributed by atoms with Crippen LogP contribution in [-0.4, -0.2) is 26.2 Å². The van der Waals surface area contributed by atoms with Crippen LogP contribution < -0.4 is 5.32 Å². The molecule has 0 atom stereocenters. The van der Waals surface area contributed by atoms with Crippen LogP contribution in [0.4, 0.5) is 4.39 Å². The zero-order valence-corrected chi connectivity index (χ0v) is 10.5. The molecule has 18 heavy (non-hydrogen) atoms. The SMILES string of the molecule is COC(=O)c1ccc(CC2CCNCC2)c(F)c1. The number of rotatable bonds is 3. The topological polar surface area (TPSA) is 38.3 Å². The lowest BCUT2D eigenvalue weighted by atomic mass is 9.90. The van der Waals surface area contributed by atoms with E-state index in [1.807, 2.05) is 0 Å². The van der Waals surface area contributed by atoms with E-state index in [1.54, 1.807) is 12.1 Å². The molecule has 4 heteroatoms. The molecule has 1 aromatic carbocycles.